The van der Waals surface area contributed by atoms with Crippen LogP contribution in [-0.4, -0.2) is 35.8 Å². The SMILES string of the molecule is COc1ccc(N2C(=O)C[C@H](SCCC(=O)Nc3cccc(C)c3C)C2=O)cc1. The van der Waals surface area contributed by atoms with Crippen LogP contribution in [0.2, 0.25) is 0 Å². The third kappa shape index (κ3) is 4.79. The van der Waals surface area contributed by atoms with Crippen molar-refractivity contribution < 1.29 is 19.1 Å². The van der Waals surface area contributed by atoms with E-state index in [9.17, 15) is 14.4 Å². The first-order valence-corrected chi connectivity index (χ1v) is 10.4. The number of ether oxygens (including phenoxy) is 1. The summed E-state index contributed by atoms with van der Waals surface area (Å²) in [5.74, 6) is 0.567. The minimum Gasteiger partial charge on any atom is -0.497 e. The summed E-state index contributed by atoms with van der Waals surface area (Å²) < 4.78 is 5.11. The number of carbonyl (C=O) groups is 3. The highest BCUT2D eigenvalue weighted by Gasteiger charge is 2.39. The molecule has 1 aliphatic heterocycles. The Morgan fingerprint density at radius 1 is 1.17 bits per heavy atom. The Hall–Kier alpha value is -2.80. The third-order valence-electron chi connectivity index (χ3n) is 4.96. The fraction of sp³-hybridized carbons (Fsp3) is 0.318. The predicted molar refractivity (Wildman–Crippen MR) is 116 cm³/mol. The van der Waals surface area contributed by atoms with Crippen LogP contribution < -0.4 is 15.0 Å². The molecule has 1 heterocycles. The van der Waals surface area contributed by atoms with E-state index in [0.29, 0.717) is 17.2 Å². The average molecular weight is 413 g/mol. The molecular weight excluding hydrogens is 388 g/mol. The maximum absolute atomic E-state index is 12.7. The molecule has 6 nitrogen and oxygen atoms in total. The minimum absolute atomic E-state index is 0.102. The monoisotopic (exact) mass is 412 g/mol. The van der Waals surface area contributed by atoms with E-state index >= 15 is 0 Å². The number of aryl methyl sites for hydroxylation is 1. The second-order valence-corrected chi connectivity index (χ2v) is 8.19. The zero-order chi connectivity index (χ0) is 21.0. The van der Waals surface area contributed by atoms with Gasteiger partial charge in [0.25, 0.3) is 0 Å². The molecule has 1 N–H and O–H groups in total. The number of amides is 3. The van der Waals surface area contributed by atoms with E-state index in [1.54, 1.807) is 31.4 Å². The number of nitrogens with one attached hydrogen (secondary N) is 1. The smallest absolute Gasteiger partial charge is 0.247 e. The Labute approximate surface area is 174 Å². The molecule has 1 fully saturated rings. The van der Waals surface area contributed by atoms with Gasteiger partial charge >= 0.3 is 0 Å². The van der Waals surface area contributed by atoms with Crippen LogP contribution >= 0.6 is 11.8 Å². The number of hydrogen-bond acceptors (Lipinski definition) is 5. The van der Waals surface area contributed by atoms with Crippen molar-refractivity contribution in [2.75, 3.05) is 23.1 Å². The molecule has 0 aromatic heterocycles. The van der Waals surface area contributed by atoms with Gasteiger partial charge in [-0.15, -0.1) is 11.8 Å². The molecule has 2 aromatic rings. The summed E-state index contributed by atoms with van der Waals surface area (Å²) in [6.07, 6.45) is 0.423. The average Bonchev–Trinajstić information content (AvgIpc) is 2.99. The number of hydrogen-bond donors (Lipinski definition) is 1. The Morgan fingerprint density at radius 2 is 1.90 bits per heavy atom. The molecule has 29 heavy (non-hydrogen) atoms. The van der Waals surface area contributed by atoms with Gasteiger partial charge in [-0.05, 0) is 55.3 Å². The number of methoxy groups -OCH3 is 1. The minimum atomic E-state index is -0.460. The first-order valence-electron chi connectivity index (χ1n) is 9.39. The highest BCUT2D eigenvalue weighted by Crippen LogP contribution is 2.31. The molecule has 0 unspecified atom stereocenters. The lowest BCUT2D eigenvalue weighted by Crippen LogP contribution is -2.31. The molecule has 3 amide bonds. The van der Waals surface area contributed by atoms with Crippen molar-refractivity contribution >= 4 is 40.9 Å². The van der Waals surface area contributed by atoms with Crippen LogP contribution in [0.15, 0.2) is 42.5 Å². The van der Waals surface area contributed by atoms with E-state index < -0.39 is 5.25 Å². The van der Waals surface area contributed by atoms with Crippen LogP contribution in [0.1, 0.15) is 24.0 Å². The maximum atomic E-state index is 12.7. The van der Waals surface area contributed by atoms with Gasteiger partial charge in [0, 0.05) is 24.3 Å². The second kappa shape index (κ2) is 9.13. The van der Waals surface area contributed by atoms with Crippen molar-refractivity contribution in [2.24, 2.45) is 0 Å². The topological polar surface area (TPSA) is 75.7 Å². The van der Waals surface area contributed by atoms with Gasteiger partial charge in [0.2, 0.25) is 17.7 Å². The van der Waals surface area contributed by atoms with Crippen LogP contribution in [-0.2, 0) is 14.4 Å². The molecule has 0 aliphatic carbocycles. The molecule has 0 bridgehead atoms. The lowest BCUT2D eigenvalue weighted by atomic mass is 10.1. The number of anilines is 2. The summed E-state index contributed by atoms with van der Waals surface area (Å²) in [6.45, 7) is 3.97. The van der Waals surface area contributed by atoms with E-state index in [-0.39, 0.29) is 30.6 Å². The molecule has 0 radical (unpaired) electrons. The highest BCUT2D eigenvalue weighted by atomic mass is 32.2. The van der Waals surface area contributed by atoms with Crippen molar-refractivity contribution in [3.63, 3.8) is 0 Å². The molecule has 1 atom stereocenters. The molecule has 152 valence electrons. The van der Waals surface area contributed by atoms with Gasteiger partial charge in [-0.25, -0.2) is 4.90 Å². The fourth-order valence-electron chi connectivity index (χ4n) is 3.13. The third-order valence-corrected chi connectivity index (χ3v) is 6.17. The highest BCUT2D eigenvalue weighted by molar-refractivity contribution is 8.00. The van der Waals surface area contributed by atoms with Gasteiger partial charge in [0.1, 0.15) is 5.75 Å². The molecule has 3 rings (SSSR count). The maximum Gasteiger partial charge on any atom is 0.247 e. The number of benzene rings is 2. The molecular formula is C22H24N2O4S. The first-order chi connectivity index (χ1) is 13.9. The van der Waals surface area contributed by atoms with Crippen molar-refractivity contribution in [3.05, 3.63) is 53.6 Å². The van der Waals surface area contributed by atoms with E-state index in [0.717, 1.165) is 16.8 Å². The van der Waals surface area contributed by atoms with Crippen LogP contribution in [0, 0.1) is 13.8 Å². The van der Waals surface area contributed by atoms with Crippen molar-refractivity contribution in [1.29, 1.82) is 0 Å². The Bertz CT molecular complexity index is 927. The van der Waals surface area contributed by atoms with Gasteiger partial charge in [-0.3, -0.25) is 14.4 Å². The van der Waals surface area contributed by atoms with Gasteiger partial charge in [0.15, 0.2) is 0 Å². The molecule has 0 spiro atoms. The summed E-state index contributed by atoms with van der Waals surface area (Å²) in [4.78, 5) is 38.5. The second-order valence-electron chi connectivity index (χ2n) is 6.87. The molecule has 1 aliphatic rings. The van der Waals surface area contributed by atoms with Gasteiger partial charge < -0.3 is 10.1 Å². The quantitative estimate of drug-likeness (QED) is 0.702. The normalized spacial score (nSPS) is 16.2. The lowest BCUT2D eigenvalue weighted by Gasteiger charge is -2.15. The Kier molecular flexibility index (Phi) is 6.59. The zero-order valence-corrected chi connectivity index (χ0v) is 17.5. The van der Waals surface area contributed by atoms with E-state index in [4.69, 9.17) is 4.74 Å². The van der Waals surface area contributed by atoms with Crippen LogP contribution in [0.4, 0.5) is 11.4 Å². The number of nitrogens with zero attached hydrogens (tertiary/aromatic N) is 1. The van der Waals surface area contributed by atoms with Gasteiger partial charge in [-0.1, -0.05) is 12.1 Å². The van der Waals surface area contributed by atoms with Crippen LogP contribution in [0.3, 0.4) is 0 Å². The van der Waals surface area contributed by atoms with Gasteiger partial charge in [-0.2, -0.15) is 0 Å². The van der Waals surface area contributed by atoms with Crippen molar-refractivity contribution in [3.8, 4) is 5.75 Å². The fourth-order valence-corrected chi connectivity index (χ4v) is 4.23. The molecule has 1 saturated heterocycles. The lowest BCUT2D eigenvalue weighted by molar-refractivity contribution is -0.121. The number of rotatable bonds is 7. The number of imide groups is 1. The molecule has 0 saturated carbocycles. The van der Waals surface area contributed by atoms with Crippen molar-refractivity contribution in [2.45, 2.75) is 31.9 Å². The summed E-state index contributed by atoms with van der Waals surface area (Å²) >= 11 is 1.35. The summed E-state index contributed by atoms with van der Waals surface area (Å²) in [7, 11) is 1.56. The Morgan fingerprint density at radius 3 is 2.59 bits per heavy atom. The summed E-state index contributed by atoms with van der Waals surface area (Å²) in [5, 5.41) is 2.46. The van der Waals surface area contributed by atoms with E-state index in [1.165, 1.54) is 16.7 Å². The summed E-state index contributed by atoms with van der Waals surface area (Å²) in [5.41, 5.74) is 3.50. The standard InChI is InChI=1S/C22H24N2O4S/c1-14-5-4-6-18(15(14)2)23-20(25)11-12-29-19-13-21(26)24(22(19)27)16-7-9-17(28-3)10-8-16/h4-10,19H,11-13H2,1-3H3,(H,23,25)/t19-/m0/s1. The zero-order valence-electron chi connectivity index (χ0n) is 16.7. The number of thioether (sulfide) groups is 1. The van der Waals surface area contributed by atoms with Crippen LogP contribution in [0.5, 0.6) is 5.75 Å². The first kappa shape index (κ1) is 20.9. The molecule has 7 heteroatoms. The van der Waals surface area contributed by atoms with Gasteiger partial charge in [0.05, 0.1) is 18.0 Å². The van der Waals surface area contributed by atoms with Crippen molar-refractivity contribution in [1.82, 2.24) is 0 Å². The summed E-state index contributed by atoms with van der Waals surface area (Å²) in [6, 6.07) is 12.6. The van der Waals surface area contributed by atoms with E-state index in [1.807, 2.05) is 32.0 Å². The van der Waals surface area contributed by atoms with Crippen LogP contribution in [0.25, 0.3) is 0 Å². The Balaban J connectivity index is 1.53. The predicted octanol–water partition coefficient (Wildman–Crippen LogP) is 3.71. The largest absolute Gasteiger partial charge is 0.497 e. The van der Waals surface area contributed by atoms with E-state index in [2.05, 4.69) is 5.32 Å². The molecule has 2 aromatic carbocycles. The number of carbonyl (C=O) groups excluding carboxylic acids is 3.